The second kappa shape index (κ2) is 4.87. The van der Waals surface area contributed by atoms with Crippen molar-refractivity contribution < 1.29 is 14.3 Å². The Hall–Kier alpha value is -1.03. The standard InChI is InChI=1S/C9H15NO3/c1-3-13-9(11)10-7-5-4-6-8(10)12-2/h5,7-8H,3-4,6H2,1-2H3. The molecule has 1 aliphatic rings. The van der Waals surface area contributed by atoms with E-state index >= 15 is 0 Å². The number of allylic oxidation sites excluding steroid dienone is 1. The fourth-order valence-electron chi connectivity index (χ4n) is 1.27. The van der Waals surface area contributed by atoms with Crippen LogP contribution >= 0.6 is 0 Å². The number of carbonyl (C=O) groups is 1. The second-order valence-corrected chi connectivity index (χ2v) is 2.76. The average Bonchev–Trinajstić information content (AvgIpc) is 2.18. The fraction of sp³-hybridized carbons (Fsp3) is 0.667. The van der Waals surface area contributed by atoms with Crippen molar-refractivity contribution in [2.75, 3.05) is 13.7 Å². The maximum Gasteiger partial charge on any atom is 0.415 e. The van der Waals surface area contributed by atoms with Gasteiger partial charge in [0.2, 0.25) is 0 Å². The largest absolute Gasteiger partial charge is 0.449 e. The lowest BCUT2D eigenvalue weighted by Gasteiger charge is -2.29. The molecule has 74 valence electrons. The maximum atomic E-state index is 11.3. The molecule has 13 heavy (non-hydrogen) atoms. The first-order valence-corrected chi connectivity index (χ1v) is 4.44. The summed E-state index contributed by atoms with van der Waals surface area (Å²) in [5.74, 6) is 0. The van der Waals surface area contributed by atoms with Crippen LogP contribution in [0.4, 0.5) is 4.79 Å². The van der Waals surface area contributed by atoms with Crippen molar-refractivity contribution in [2.45, 2.75) is 26.0 Å². The summed E-state index contributed by atoms with van der Waals surface area (Å²) in [7, 11) is 1.59. The van der Waals surface area contributed by atoms with Crippen LogP contribution in [0.3, 0.4) is 0 Å². The van der Waals surface area contributed by atoms with E-state index in [2.05, 4.69) is 0 Å². The number of nitrogens with zero attached hydrogens (tertiary/aromatic N) is 1. The van der Waals surface area contributed by atoms with Crippen LogP contribution in [-0.2, 0) is 9.47 Å². The molecule has 0 aliphatic carbocycles. The Bertz CT molecular complexity index is 203. The highest BCUT2D eigenvalue weighted by Gasteiger charge is 2.23. The molecular weight excluding hydrogens is 170 g/mol. The zero-order valence-corrected chi connectivity index (χ0v) is 8.03. The van der Waals surface area contributed by atoms with Gasteiger partial charge in [0.25, 0.3) is 0 Å². The SMILES string of the molecule is CCOC(=O)N1C=CCCC1OC. The number of methoxy groups -OCH3 is 1. The third-order valence-corrected chi connectivity index (χ3v) is 1.91. The molecule has 0 N–H and O–H groups in total. The summed E-state index contributed by atoms with van der Waals surface area (Å²) in [6.07, 6.45) is 4.90. The van der Waals surface area contributed by atoms with Crippen molar-refractivity contribution in [3.05, 3.63) is 12.3 Å². The number of rotatable bonds is 2. The molecule has 0 aromatic carbocycles. The monoisotopic (exact) mass is 185 g/mol. The van der Waals surface area contributed by atoms with Gasteiger partial charge < -0.3 is 9.47 Å². The fourth-order valence-corrected chi connectivity index (χ4v) is 1.27. The highest BCUT2D eigenvalue weighted by Crippen LogP contribution is 2.16. The van der Waals surface area contributed by atoms with Crippen LogP contribution in [0.15, 0.2) is 12.3 Å². The van der Waals surface area contributed by atoms with E-state index in [1.807, 2.05) is 6.08 Å². The third kappa shape index (κ3) is 2.45. The maximum absolute atomic E-state index is 11.3. The first-order valence-electron chi connectivity index (χ1n) is 4.44. The Balaban J connectivity index is 2.58. The number of carbonyl (C=O) groups excluding carboxylic acids is 1. The summed E-state index contributed by atoms with van der Waals surface area (Å²) in [5, 5.41) is 0. The first-order chi connectivity index (χ1) is 6.29. The van der Waals surface area contributed by atoms with Crippen LogP contribution in [0, 0.1) is 0 Å². The molecule has 4 nitrogen and oxygen atoms in total. The van der Waals surface area contributed by atoms with Crippen molar-refractivity contribution in [2.24, 2.45) is 0 Å². The Morgan fingerprint density at radius 1 is 1.69 bits per heavy atom. The van der Waals surface area contributed by atoms with Crippen LogP contribution in [0.2, 0.25) is 0 Å². The van der Waals surface area contributed by atoms with Gasteiger partial charge in [0.15, 0.2) is 0 Å². The average molecular weight is 185 g/mol. The summed E-state index contributed by atoms with van der Waals surface area (Å²) in [6.45, 7) is 2.17. The lowest BCUT2D eigenvalue weighted by atomic mass is 10.2. The zero-order chi connectivity index (χ0) is 9.68. The summed E-state index contributed by atoms with van der Waals surface area (Å²) in [5.41, 5.74) is 0. The summed E-state index contributed by atoms with van der Waals surface area (Å²) in [4.78, 5) is 12.8. The topological polar surface area (TPSA) is 38.8 Å². The van der Waals surface area contributed by atoms with Gasteiger partial charge in [-0.1, -0.05) is 6.08 Å². The van der Waals surface area contributed by atoms with E-state index in [4.69, 9.17) is 9.47 Å². The number of amides is 1. The molecule has 1 amide bonds. The lowest BCUT2D eigenvalue weighted by molar-refractivity contribution is -0.0145. The molecule has 0 aromatic rings. The molecule has 1 heterocycles. The molecule has 0 fully saturated rings. The van der Waals surface area contributed by atoms with Gasteiger partial charge in [-0.15, -0.1) is 0 Å². The Kier molecular flexibility index (Phi) is 3.76. The van der Waals surface area contributed by atoms with E-state index in [0.29, 0.717) is 6.61 Å². The molecule has 4 heteroatoms. The van der Waals surface area contributed by atoms with Crippen LogP contribution < -0.4 is 0 Å². The van der Waals surface area contributed by atoms with E-state index in [1.165, 1.54) is 4.90 Å². The highest BCUT2D eigenvalue weighted by atomic mass is 16.6. The smallest absolute Gasteiger partial charge is 0.415 e. The van der Waals surface area contributed by atoms with Gasteiger partial charge in [0.1, 0.15) is 6.23 Å². The summed E-state index contributed by atoms with van der Waals surface area (Å²) < 4.78 is 10.0. The minimum Gasteiger partial charge on any atom is -0.449 e. The van der Waals surface area contributed by atoms with Crippen molar-refractivity contribution in [3.8, 4) is 0 Å². The molecule has 1 atom stereocenters. The minimum absolute atomic E-state index is 0.177. The van der Waals surface area contributed by atoms with Crippen LogP contribution in [0.5, 0.6) is 0 Å². The normalized spacial score (nSPS) is 21.7. The Morgan fingerprint density at radius 3 is 3.08 bits per heavy atom. The number of ether oxygens (including phenoxy) is 2. The third-order valence-electron chi connectivity index (χ3n) is 1.91. The van der Waals surface area contributed by atoms with E-state index in [9.17, 15) is 4.79 Å². The molecule has 0 spiro atoms. The van der Waals surface area contributed by atoms with E-state index in [-0.39, 0.29) is 12.3 Å². The van der Waals surface area contributed by atoms with Crippen molar-refractivity contribution in [1.29, 1.82) is 0 Å². The highest BCUT2D eigenvalue weighted by molar-refractivity contribution is 5.69. The molecule has 0 saturated carbocycles. The van der Waals surface area contributed by atoms with Gasteiger partial charge in [0, 0.05) is 13.3 Å². The molecule has 0 aromatic heterocycles. The molecule has 1 rings (SSSR count). The van der Waals surface area contributed by atoms with Gasteiger partial charge in [-0.3, -0.25) is 4.90 Å². The van der Waals surface area contributed by atoms with Crippen LogP contribution in [0.25, 0.3) is 0 Å². The van der Waals surface area contributed by atoms with Crippen LogP contribution in [0.1, 0.15) is 19.8 Å². The predicted molar refractivity (Wildman–Crippen MR) is 48.0 cm³/mol. The Labute approximate surface area is 78.1 Å². The molecule has 0 saturated heterocycles. The predicted octanol–water partition coefficient (Wildman–Crippen LogP) is 1.72. The summed E-state index contributed by atoms with van der Waals surface area (Å²) in [6, 6.07) is 0. The number of hydrogen-bond acceptors (Lipinski definition) is 3. The van der Waals surface area contributed by atoms with Crippen molar-refractivity contribution in [3.63, 3.8) is 0 Å². The molecule has 1 aliphatic heterocycles. The van der Waals surface area contributed by atoms with Gasteiger partial charge in [-0.2, -0.15) is 0 Å². The second-order valence-electron chi connectivity index (χ2n) is 2.76. The van der Waals surface area contributed by atoms with Gasteiger partial charge in [-0.05, 0) is 19.8 Å². The quantitative estimate of drug-likeness (QED) is 0.657. The van der Waals surface area contributed by atoms with Gasteiger partial charge in [0.05, 0.1) is 6.61 Å². The van der Waals surface area contributed by atoms with Gasteiger partial charge in [-0.25, -0.2) is 4.79 Å². The molecule has 1 unspecified atom stereocenters. The minimum atomic E-state index is -0.342. The summed E-state index contributed by atoms with van der Waals surface area (Å²) >= 11 is 0. The Morgan fingerprint density at radius 2 is 2.46 bits per heavy atom. The molecule has 0 radical (unpaired) electrons. The van der Waals surface area contributed by atoms with E-state index in [0.717, 1.165) is 12.8 Å². The first kappa shape index (κ1) is 10.1. The van der Waals surface area contributed by atoms with E-state index < -0.39 is 0 Å². The van der Waals surface area contributed by atoms with Crippen LogP contribution in [-0.4, -0.2) is 30.9 Å². The number of hydrogen-bond donors (Lipinski definition) is 0. The lowest BCUT2D eigenvalue weighted by Crippen LogP contribution is -2.39. The molecule has 0 bridgehead atoms. The molecular formula is C9H15NO3. The van der Waals surface area contributed by atoms with E-state index in [1.54, 1.807) is 20.2 Å². The van der Waals surface area contributed by atoms with Crippen molar-refractivity contribution in [1.82, 2.24) is 4.90 Å². The van der Waals surface area contributed by atoms with Gasteiger partial charge >= 0.3 is 6.09 Å². The van der Waals surface area contributed by atoms with Crippen molar-refractivity contribution >= 4 is 6.09 Å². The zero-order valence-electron chi connectivity index (χ0n) is 8.03.